The van der Waals surface area contributed by atoms with Gasteiger partial charge >= 0.3 is 0 Å². The summed E-state index contributed by atoms with van der Waals surface area (Å²) in [5.41, 5.74) is 3.64. The molecule has 1 saturated heterocycles. The minimum Gasteiger partial charge on any atom is -0.343 e. The lowest BCUT2D eigenvalue weighted by atomic mass is 10.2. The van der Waals surface area contributed by atoms with E-state index in [1.165, 1.54) is 6.08 Å². The molecule has 2 amide bonds. The number of imidazole rings is 1. The molecule has 28 heavy (non-hydrogen) atoms. The summed E-state index contributed by atoms with van der Waals surface area (Å²) in [6.07, 6.45) is 4.79. The number of carbonyl (C=O) groups excluding carboxylic acids is 2. The van der Waals surface area contributed by atoms with Gasteiger partial charge in [0.05, 0.1) is 17.1 Å². The molecule has 3 aromatic rings. The molecule has 2 aromatic carbocycles. The van der Waals surface area contributed by atoms with Crippen LogP contribution in [-0.2, 0) is 9.59 Å². The summed E-state index contributed by atoms with van der Waals surface area (Å²) in [4.78, 5) is 33.6. The Hall–Kier alpha value is -3.41. The summed E-state index contributed by atoms with van der Waals surface area (Å²) in [5.74, 6) is 0.705. The van der Waals surface area contributed by atoms with Gasteiger partial charge in [0.2, 0.25) is 11.8 Å². The van der Waals surface area contributed by atoms with Crippen molar-refractivity contribution in [3.05, 3.63) is 66.0 Å². The molecule has 0 bridgehead atoms. The number of H-pyrrole nitrogens is 1. The highest BCUT2D eigenvalue weighted by Gasteiger charge is 2.21. The van der Waals surface area contributed by atoms with Crippen LogP contribution in [0.2, 0.25) is 0 Å². The van der Waals surface area contributed by atoms with Crippen LogP contribution in [0.3, 0.4) is 0 Å². The molecule has 1 unspecified atom stereocenters. The van der Waals surface area contributed by atoms with Crippen molar-refractivity contribution < 1.29 is 9.59 Å². The Morgan fingerprint density at radius 1 is 1.21 bits per heavy atom. The van der Waals surface area contributed by atoms with Crippen molar-refractivity contribution in [1.29, 1.82) is 0 Å². The van der Waals surface area contributed by atoms with E-state index < -0.39 is 0 Å². The van der Waals surface area contributed by atoms with Crippen LogP contribution in [0.1, 0.15) is 37.2 Å². The molecule has 6 heteroatoms. The second kappa shape index (κ2) is 7.68. The molecular formula is C22H22N4O2. The Kier molecular flexibility index (Phi) is 4.93. The van der Waals surface area contributed by atoms with Gasteiger partial charge in [-0.1, -0.05) is 24.3 Å². The monoisotopic (exact) mass is 374 g/mol. The molecule has 6 nitrogen and oxygen atoms in total. The number of aromatic nitrogens is 2. The van der Waals surface area contributed by atoms with E-state index in [9.17, 15) is 9.59 Å². The third-order valence-corrected chi connectivity index (χ3v) is 4.88. The maximum Gasteiger partial charge on any atom is 0.244 e. The fourth-order valence-electron chi connectivity index (χ4n) is 3.37. The molecule has 1 atom stereocenters. The van der Waals surface area contributed by atoms with Gasteiger partial charge in [-0.05, 0) is 49.2 Å². The molecule has 1 aromatic heterocycles. The largest absolute Gasteiger partial charge is 0.343 e. The normalized spacial score (nSPS) is 15.5. The van der Waals surface area contributed by atoms with Crippen molar-refractivity contribution in [2.24, 2.45) is 0 Å². The van der Waals surface area contributed by atoms with Gasteiger partial charge in [-0.15, -0.1) is 0 Å². The van der Waals surface area contributed by atoms with E-state index in [4.69, 9.17) is 0 Å². The Morgan fingerprint density at radius 3 is 2.71 bits per heavy atom. The van der Waals surface area contributed by atoms with Crippen molar-refractivity contribution >= 4 is 34.6 Å². The number of para-hydroxylation sites is 2. The molecule has 0 saturated carbocycles. The molecule has 1 aliphatic heterocycles. The van der Waals surface area contributed by atoms with Crippen molar-refractivity contribution in [3.63, 3.8) is 0 Å². The third kappa shape index (κ3) is 3.81. The van der Waals surface area contributed by atoms with Crippen molar-refractivity contribution in [1.82, 2.24) is 15.3 Å². The second-order valence-corrected chi connectivity index (χ2v) is 6.94. The van der Waals surface area contributed by atoms with Crippen LogP contribution in [0.25, 0.3) is 17.1 Å². The number of nitrogens with zero attached hydrogens (tertiary/aromatic N) is 2. The maximum absolute atomic E-state index is 12.2. The number of anilines is 1. The summed E-state index contributed by atoms with van der Waals surface area (Å²) in [6.45, 7) is 2.67. The predicted octanol–water partition coefficient (Wildman–Crippen LogP) is 3.58. The zero-order valence-electron chi connectivity index (χ0n) is 15.7. The smallest absolute Gasteiger partial charge is 0.244 e. The van der Waals surface area contributed by atoms with Gasteiger partial charge < -0.3 is 15.2 Å². The van der Waals surface area contributed by atoms with Gasteiger partial charge in [0.15, 0.2) is 0 Å². The van der Waals surface area contributed by atoms with E-state index in [1.54, 1.807) is 11.0 Å². The zero-order chi connectivity index (χ0) is 19.5. The molecule has 2 N–H and O–H groups in total. The first-order valence-electron chi connectivity index (χ1n) is 9.44. The molecule has 0 radical (unpaired) electrons. The second-order valence-electron chi connectivity index (χ2n) is 6.94. The molecule has 1 aliphatic rings. The zero-order valence-corrected chi connectivity index (χ0v) is 15.7. The van der Waals surface area contributed by atoms with Gasteiger partial charge in [0.1, 0.15) is 5.82 Å². The summed E-state index contributed by atoms with van der Waals surface area (Å²) in [6, 6.07) is 15.2. The summed E-state index contributed by atoms with van der Waals surface area (Å²) in [7, 11) is 0. The number of hydrogen-bond acceptors (Lipinski definition) is 3. The maximum atomic E-state index is 12.2. The summed E-state index contributed by atoms with van der Waals surface area (Å²) < 4.78 is 0. The van der Waals surface area contributed by atoms with E-state index in [1.807, 2.05) is 55.5 Å². The first-order valence-corrected chi connectivity index (χ1v) is 9.44. The van der Waals surface area contributed by atoms with Gasteiger partial charge in [-0.3, -0.25) is 9.59 Å². The van der Waals surface area contributed by atoms with Crippen LogP contribution < -0.4 is 10.2 Å². The topological polar surface area (TPSA) is 78.1 Å². The van der Waals surface area contributed by atoms with Gasteiger partial charge in [0, 0.05) is 24.7 Å². The lowest BCUT2D eigenvalue weighted by molar-refractivity contribution is -0.117. The van der Waals surface area contributed by atoms with Crippen molar-refractivity contribution in [3.8, 4) is 0 Å². The molecule has 0 spiro atoms. The van der Waals surface area contributed by atoms with E-state index in [0.717, 1.165) is 41.1 Å². The molecule has 142 valence electrons. The standard InChI is InChI=1S/C22H22N4O2/c1-15(22-24-18-5-2-3-6-19(18)25-22)23-20(27)13-10-16-8-11-17(12-9-16)26-14-4-7-21(26)28/h2-3,5-6,8-13,15H,4,7,14H2,1H3,(H,23,27)(H,24,25)/b13-10+. The summed E-state index contributed by atoms with van der Waals surface area (Å²) >= 11 is 0. The number of aromatic amines is 1. The first-order chi connectivity index (χ1) is 13.6. The number of carbonyl (C=O) groups is 2. The van der Waals surface area contributed by atoms with Gasteiger partial charge in [-0.2, -0.15) is 0 Å². The van der Waals surface area contributed by atoms with E-state index in [0.29, 0.717) is 6.42 Å². The number of hydrogen-bond donors (Lipinski definition) is 2. The minimum absolute atomic E-state index is 0.169. The fraction of sp³-hybridized carbons (Fsp3) is 0.227. The van der Waals surface area contributed by atoms with Crippen LogP contribution >= 0.6 is 0 Å². The SMILES string of the molecule is CC(NC(=O)/C=C/c1ccc(N2CCCC2=O)cc1)c1nc2ccccc2[nH]1. The fourth-order valence-corrected chi connectivity index (χ4v) is 3.37. The predicted molar refractivity (Wildman–Crippen MR) is 110 cm³/mol. The number of rotatable bonds is 5. The van der Waals surface area contributed by atoms with Crippen LogP contribution in [0.4, 0.5) is 5.69 Å². The highest BCUT2D eigenvalue weighted by Crippen LogP contribution is 2.22. The number of fused-ring (bicyclic) bond motifs is 1. The van der Waals surface area contributed by atoms with E-state index in [-0.39, 0.29) is 17.9 Å². The summed E-state index contributed by atoms with van der Waals surface area (Å²) in [5, 5.41) is 2.92. The van der Waals surface area contributed by atoms with Crippen LogP contribution in [-0.4, -0.2) is 28.3 Å². The molecule has 0 aliphatic carbocycles. The third-order valence-electron chi connectivity index (χ3n) is 4.88. The quantitative estimate of drug-likeness (QED) is 0.670. The minimum atomic E-state index is -0.229. The lowest BCUT2D eigenvalue weighted by Crippen LogP contribution is -2.25. The number of benzene rings is 2. The average Bonchev–Trinajstić information content (AvgIpc) is 3.33. The van der Waals surface area contributed by atoms with Crippen LogP contribution in [0, 0.1) is 0 Å². The van der Waals surface area contributed by atoms with Crippen molar-refractivity contribution in [2.75, 3.05) is 11.4 Å². The van der Waals surface area contributed by atoms with E-state index >= 15 is 0 Å². The molecular weight excluding hydrogens is 352 g/mol. The Labute approximate surface area is 163 Å². The van der Waals surface area contributed by atoms with Crippen LogP contribution in [0.5, 0.6) is 0 Å². The highest BCUT2D eigenvalue weighted by atomic mass is 16.2. The highest BCUT2D eigenvalue weighted by molar-refractivity contribution is 5.95. The number of nitrogens with one attached hydrogen (secondary N) is 2. The lowest BCUT2D eigenvalue weighted by Gasteiger charge is -2.15. The van der Waals surface area contributed by atoms with Crippen molar-refractivity contribution in [2.45, 2.75) is 25.8 Å². The molecule has 4 rings (SSSR count). The average molecular weight is 374 g/mol. The Bertz CT molecular complexity index is 1000. The molecule has 2 heterocycles. The van der Waals surface area contributed by atoms with Gasteiger partial charge in [0.25, 0.3) is 0 Å². The Balaban J connectivity index is 1.37. The number of amides is 2. The molecule has 1 fully saturated rings. The first kappa shape index (κ1) is 18.0. The Morgan fingerprint density at radius 2 is 2.00 bits per heavy atom. The van der Waals surface area contributed by atoms with E-state index in [2.05, 4.69) is 15.3 Å². The van der Waals surface area contributed by atoms with Crippen LogP contribution in [0.15, 0.2) is 54.6 Å². The van der Waals surface area contributed by atoms with Gasteiger partial charge in [-0.25, -0.2) is 4.98 Å².